The predicted molar refractivity (Wildman–Crippen MR) is 126 cm³/mol. The van der Waals surface area contributed by atoms with Gasteiger partial charge in [-0.15, -0.1) is 11.3 Å². The Kier molecular flexibility index (Phi) is 6.51. The fourth-order valence-corrected chi connectivity index (χ4v) is 4.19. The Morgan fingerprint density at radius 3 is 2.65 bits per heavy atom. The molecule has 0 unspecified atom stereocenters. The van der Waals surface area contributed by atoms with Crippen molar-refractivity contribution in [3.63, 3.8) is 0 Å². The average molecular weight is 447 g/mol. The minimum atomic E-state index is 0.337. The van der Waals surface area contributed by atoms with Crippen LogP contribution in [0.25, 0.3) is 21.9 Å². The van der Waals surface area contributed by atoms with E-state index in [9.17, 15) is 5.26 Å². The first-order valence-corrected chi connectivity index (χ1v) is 11.0. The molecular formula is C25H19ClN2O2S. The molecule has 1 heterocycles. The van der Waals surface area contributed by atoms with Gasteiger partial charge in [-0.05, 0) is 48.9 Å². The number of halogens is 1. The summed E-state index contributed by atoms with van der Waals surface area (Å²) in [6.07, 6.45) is 1.82. The number of ether oxygens (including phenoxy) is 2. The van der Waals surface area contributed by atoms with Gasteiger partial charge in [-0.3, -0.25) is 0 Å². The largest absolute Gasteiger partial charge is 0.490 e. The van der Waals surface area contributed by atoms with Gasteiger partial charge in [0.05, 0.1) is 22.4 Å². The lowest BCUT2D eigenvalue weighted by Gasteiger charge is -2.13. The molecule has 31 heavy (non-hydrogen) atoms. The summed E-state index contributed by atoms with van der Waals surface area (Å²) in [5, 5.41) is 11.1. The van der Waals surface area contributed by atoms with Gasteiger partial charge in [0.2, 0.25) is 0 Å². The fraction of sp³-hybridized carbons (Fsp3) is 0.120. The lowest BCUT2D eigenvalue weighted by Crippen LogP contribution is -2.00. The molecule has 0 atom stereocenters. The molecule has 0 aliphatic carbocycles. The summed E-state index contributed by atoms with van der Waals surface area (Å²) in [5.74, 6) is 1.24. The Bertz CT molecular complexity index is 1260. The third kappa shape index (κ3) is 4.88. The Balaban J connectivity index is 1.61. The highest BCUT2D eigenvalue weighted by molar-refractivity contribution is 7.19. The number of fused-ring (bicyclic) bond motifs is 1. The topological polar surface area (TPSA) is 55.1 Å². The quantitative estimate of drug-likeness (QED) is 0.287. The molecule has 0 bridgehead atoms. The van der Waals surface area contributed by atoms with E-state index in [2.05, 4.69) is 11.1 Å². The normalized spacial score (nSPS) is 11.3. The van der Waals surface area contributed by atoms with Gasteiger partial charge in [0.1, 0.15) is 17.7 Å². The number of nitriles is 1. The second kappa shape index (κ2) is 9.65. The number of rotatable bonds is 7. The van der Waals surface area contributed by atoms with Gasteiger partial charge in [-0.1, -0.05) is 48.0 Å². The molecule has 0 spiro atoms. The predicted octanol–water partition coefficient (Wildman–Crippen LogP) is 6.99. The Hall–Kier alpha value is -3.33. The van der Waals surface area contributed by atoms with Crippen molar-refractivity contribution in [3.05, 3.63) is 87.9 Å². The van der Waals surface area contributed by atoms with Crippen molar-refractivity contribution in [1.82, 2.24) is 4.98 Å². The van der Waals surface area contributed by atoms with Crippen LogP contribution in [0.15, 0.2) is 66.7 Å². The maximum absolute atomic E-state index is 9.71. The van der Waals surface area contributed by atoms with Crippen molar-refractivity contribution in [2.75, 3.05) is 6.61 Å². The molecule has 0 amide bonds. The van der Waals surface area contributed by atoms with Crippen LogP contribution in [0, 0.1) is 11.3 Å². The summed E-state index contributed by atoms with van der Waals surface area (Å²) < 4.78 is 12.8. The molecule has 0 fully saturated rings. The zero-order valence-electron chi connectivity index (χ0n) is 16.8. The van der Waals surface area contributed by atoms with E-state index in [1.807, 2.05) is 79.7 Å². The van der Waals surface area contributed by atoms with E-state index >= 15 is 0 Å². The number of benzene rings is 3. The Morgan fingerprint density at radius 2 is 1.87 bits per heavy atom. The van der Waals surface area contributed by atoms with Gasteiger partial charge in [0.25, 0.3) is 0 Å². The molecule has 0 N–H and O–H groups in total. The summed E-state index contributed by atoms with van der Waals surface area (Å²) in [7, 11) is 0. The summed E-state index contributed by atoms with van der Waals surface area (Å²) in [5.41, 5.74) is 3.14. The molecule has 0 aliphatic rings. The van der Waals surface area contributed by atoms with Crippen LogP contribution in [0.1, 0.15) is 23.1 Å². The van der Waals surface area contributed by atoms with E-state index in [0.29, 0.717) is 40.3 Å². The van der Waals surface area contributed by atoms with Crippen LogP contribution in [-0.4, -0.2) is 11.6 Å². The highest BCUT2D eigenvalue weighted by Gasteiger charge is 2.11. The average Bonchev–Trinajstić information content (AvgIpc) is 3.22. The van der Waals surface area contributed by atoms with Crippen molar-refractivity contribution in [1.29, 1.82) is 5.26 Å². The van der Waals surface area contributed by atoms with Crippen LogP contribution in [0.5, 0.6) is 11.5 Å². The number of allylic oxidation sites excluding steroid dienone is 1. The molecular weight excluding hydrogens is 428 g/mol. The maximum atomic E-state index is 9.71. The number of aromatic nitrogens is 1. The molecule has 0 saturated carbocycles. The van der Waals surface area contributed by atoms with Gasteiger partial charge >= 0.3 is 0 Å². The first-order valence-electron chi connectivity index (χ1n) is 9.78. The number of hydrogen-bond donors (Lipinski definition) is 0. The fourth-order valence-electron chi connectivity index (χ4n) is 3.07. The number of hydrogen-bond acceptors (Lipinski definition) is 5. The number of para-hydroxylation sites is 1. The van der Waals surface area contributed by atoms with E-state index in [1.54, 1.807) is 0 Å². The van der Waals surface area contributed by atoms with Crippen LogP contribution < -0.4 is 9.47 Å². The monoisotopic (exact) mass is 446 g/mol. The van der Waals surface area contributed by atoms with E-state index < -0.39 is 0 Å². The second-order valence-electron chi connectivity index (χ2n) is 6.68. The first-order chi connectivity index (χ1) is 15.2. The highest BCUT2D eigenvalue weighted by atomic mass is 35.5. The Labute approximate surface area is 190 Å². The van der Waals surface area contributed by atoms with Crippen molar-refractivity contribution in [3.8, 4) is 17.6 Å². The minimum absolute atomic E-state index is 0.337. The van der Waals surface area contributed by atoms with Crippen LogP contribution >= 0.6 is 22.9 Å². The number of nitrogens with zero attached hydrogens (tertiary/aromatic N) is 2. The third-order valence-corrected chi connectivity index (χ3v) is 6.00. The van der Waals surface area contributed by atoms with Gasteiger partial charge in [-0.2, -0.15) is 5.26 Å². The SMILES string of the molecule is CCOc1cc(/C=C(/C#N)c2nc3ccccc3s2)ccc1OCc1ccccc1Cl. The van der Waals surface area contributed by atoms with Crippen molar-refractivity contribution >= 4 is 44.8 Å². The van der Waals surface area contributed by atoms with E-state index in [4.69, 9.17) is 21.1 Å². The van der Waals surface area contributed by atoms with E-state index in [1.165, 1.54) is 11.3 Å². The van der Waals surface area contributed by atoms with Crippen LogP contribution in [-0.2, 0) is 6.61 Å². The summed E-state index contributed by atoms with van der Waals surface area (Å²) in [6, 6.07) is 23.3. The highest BCUT2D eigenvalue weighted by Crippen LogP contribution is 2.33. The summed E-state index contributed by atoms with van der Waals surface area (Å²) in [4.78, 5) is 4.59. The van der Waals surface area contributed by atoms with Crippen molar-refractivity contribution < 1.29 is 9.47 Å². The van der Waals surface area contributed by atoms with Crippen LogP contribution in [0.3, 0.4) is 0 Å². The minimum Gasteiger partial charge on any atom is -0.490 e. The Morgan fingerprint density at radius 1 is 1.06 bits per heavy atom. The number of thiazole rings is 1. The molecule has 4 aromatic rings. The van der Waals surface area contributed by atoms with E-state index in [0.717, 1.165) is 21.3 Å². The van der Waals surface area contributed by atoms with Gasteiger partial charge < -0.3 is 9.47 Å². The van der Waals surface area contributed by atoms with E-state index in [-0.39, 0.29) is 0 Å². The molecule has 4 nitrogen and oxygen atoms in total. The lowest BCUT2D eigenvalue weighted by atomic mass is 10.1. The molecule has 3 aromatic carbocycles. The molecule has 0 aliphatic heterocycles. The van der Waals surface area contributed by atoms with Crippen LogP contribution in [0.2, 0.25) is 5.02 Å². The summed E-state index contributed by atoms with van der Waals surface area (Å²) in [6.45, 7) is 2.75. The zero-order chi connectivity index (χ0) is 21.6. The van der Waals surface area contributed by atoms with Crippen LogP contribution in [0.4, 0.5) is 0 Å². The standard InChI is InChI=1S/C25H19ClN2O2S/c1-2-29-23-14-17(11-12-22(23)30-16-18-7-3-4-8-20(18)26)13-19(15-27)25-28-21-9-5-6-10-24(21)31-25/h3-14H,2,16H2,1H3/b19-13-. The molecule has 0 saturated heterocycles. The smallest absolute Gasteiger partial charge is 0.161 e. The van der Waals surface area contributed by atoms with Gasteiger partial charge in [-0.25, -0.2) is 4.98 Å². The lowest BCUT2D eigenvalue weighted by molar-refractivity contribution is 0.269. The molecule has 6 heteroatoms. The molecule has 154 valence electrons. The first kappa shape index (κ1) is 20.9. The molecule has 4 rings (SSSR count). The molecule has 1 aromatic heterocycles. The third-order valence-electron chi connectivity index (χ3n) is 4.56. The summed E-state index contributed by atoms with van der Waals surface area (Å²) >= 11 is 7.73. The molecule has 0 radical (unpaired) electrons. The van der Waals surface area contributed by atoms with Crippen molar-refractivity contribution in [2.45, 2.75) is 13.5 Å². The van der Waals surface area contributed by atoms with Gasteiger partial charge in [0.15, 0.2) is 11.5 Å². The van der Waals surface area contributed by atoms with Gasteiger partial charge in [0, 0.05) is 10.6 Å². The maximum Gasteiger partial charge on any atom is 0.161 e. The second-order valence-corrected chi connectivity index (χ2v) is 8.11. The van der Waals surface area contributed by atoms with Crippen molar-refractivity contribution in [2.24, 2.45) is 0 Å². The zero-order valence-corrected chi connectivity index (χ0v) is 18.4.